The lowest BCUT2D eigenvalue weighted by atomic mass is 10.1. The lowest BCUT2D eigenvalue weighted by Crippen LogP contribution is -2.40. The number of hydrogen-bond acceptors (Lipinski definition) is 3. The number of halogens is 1. The van der Waals surface area contributed by atoms with Gasteiger partial charge in [0.25, 0.3) is 5.56 Å². The highest BCUT2D eigenvalue weighted by Crippen LogP contribution is 2.15. The summed E-state index contributed by atoms with van der Waals surface area (Å²) in [5.41, 5.74) is 2.33. The van der Waals surface area contributed by atoms with Crippen molar-refractivity contribution in [1.82, 2.24) is 9.13 Å². The molecule has 3 aromatic carbocycles. The molecule has 0 fully saturated rings. The fraction of sp³-hybridized carbons (Fsp3) is 0.125. The van der Waals surface area contributed by atoms with Gasteiger partial charge in [0.1, 0.15) is 6.54 Å². The van der Waals surface area contributed by atoms with E-state index in [-0.39, 0.29) is 12.5 Å². The van der Waals surface area contributed by atoms with Crippen molar-refractivity contribution < 1.29 is 4.79 Å². The van der Waals surface area contributed by atoms with E-state index < -0.39 is 11.2 Å². The van der Waals surface area contributed by atoms with Crippen molar-refractivity contribution in [2.45, 2.75) is 20.4 Å². The number of fused-ring (bicyclic) bond motifs is 1. The summed E-state index contributed by atoms with van der Waals surface area (Å²) in [4.78, 5) is 39.3. The van der Waals surface area contributed by atoms with Crippen LogP contribution in [0.25, 0.3) is 16.6 Å². The molecule has 0 aliphatic carbocycles. The van der Waals surface area contributed by atoms with Crippen LogP contribution in [0.15, 0.2) is 76.3 Å². The average molecular weight is 434 g/mol. The molecule has 0 bridgehead atoms. The van der Waals surface area contributed by atoms with Gasteiger partial charge in [0.15, 0.2) is 0 Å². The van der Waals surface area contributed by atoms with Gasteiger partial charge >= 0.3 is 5.69 Å². The van der Waals surface area contributed by atoms with E-state index in [1.807, 2.05) is 19.9 Å². The van der Waals surface area contributed by atoms with Gasteiger partial charge in [0.05, 0.1) is 16.6 Å². The lowest BCUT2D eigenvalue weighted by molar-refractivity contribution is -0.116. The van der Waals surface area contributed by atoms with E-state index in [4.69, 9.17) is 11.6 Å². The Balaban J connectivity index is 1.84. The Hall–Kier alpha value is -3.64. The Kier molecular flexibility index (Phi) is 5.48. The topological polar surface area (TPSA) is 73.1 Å². The van der Waals surface area contributed by atoms with Crippen molar-refractivity contribution in [2.75, 3.05) is 5.32 Å². The highest BCUT2D eigenvalue weighted by Gasteiger charge is 2.17. The summed E-state index contributed by atoms with van der Waals surface area (Å²) in [5, 5.41) is 3.67. The number of aryl methyl sites for hydroxylation is 2. The van der Waals surface area contributed by atoms with Crippen LogP contribution in [0, 0.1) is 13.8 Å². The molecule has 0 atom stereocenters. The second-order valence-corrected chi connectivity index (χ2v) is 7.86. The van der Waals surface area contributed by atoms with Crippen LogP contribution in [0.3, 0.4) is 0 Å². The van der Waals surface area contributed by atoms with Crippen LogP contribution in [0.5, 0.6) is 0 Å². The maximum atomic E-state index is 13.4. The maximum absolute atomic E-state index is 13.4. The summed E-state index contributed by atoms with van der Waals surface area (Å²) >= 11 is 5.89. The van der Waals surface area contributed by atoms with Crippen molar-refractivity contribution in [3.8, 4) is 5.69 Å². The molecule has 156 valence electrons. The molecule has 0 aliphatic rings. The summed E-state index contributed by atoms with van der Waals surface area (Å²) in [5.74, 6) is -0.389. The predicted molar refractivity (Wildman–Crippen MR) is 123 cm³/mol. The zero-order valence-electron chi connectivity index (χ0n) is 17.1. The number of nitrogens with one attached hydrogen (secondary N) is 1. The number of carbonyl (C=O) groups excluding carboxylic acids is 1. The number of hydrogen-bond donors (Lipinski definition) is 1. The van der Waals surface area contributed by atoms with E-state index in [1.54, 1.807) is 60.7 Å². The molecule has 0 saturated carbocycles. The third kappa shape index (κ3) is 4.15. The zero-order chi connectivity index (χ0) is 22.1. The normalized spacial score (nSPS) is 10.9. The summed E-state index contributed by atoms with van der Waals surface area (Å²) in [7, 11) is 0. The fourth-order valence-electron chi connectivity index (χ4n) is 3.66. The summed E-state index contributed by atoms with van der Waals surface area (Å²) in [6.45, 7) is 3.56. The highest BCUT2D eigenvalue weighted by molar-refractivity contribution is 6.30. The number of amides is 1. The van der Waals surface area contributed by atoms with Crippen LogP contribution in [-0.2, 0) is 11.3 Å². The van der Waals surface area contributed by atoms with Crippen LogP contribution in [-0.4, -0.2) is 15.0 Å². The first-order valence-electron chi connectivity index (χ1n) is 9.72. The van der Waals surface area contributed by atoms with E-state index in [1.165, 1.54) is 4.57 Å². The molecule has 31 heavy (non-hydrogen) atoms. The number of benzene rings is 3. The van der Waals surface area contributed by atoms with Gasteiger partial charge in [0.2, 0.25) is 5.91 Å². The van der Waals surface area contributed by atoms with Gasteiger partial charge in [-0.2, -0.15) is 0 Å². The molecule has 1 heterocycles. The first-order valence-corrected chi connectivity index (χ1v) is 10.1. The van der Waals surface area contributed by atoms with Gasteiger partial charge in [-0.1, -0.05) is 29.8 Å². The van der Waals surface area contributed by atoms with Gasteiger partial charge in [-0.25, -0.2) is 9.36 Å². The van der Waals surface area contributed by atoms with Gasteiger partial charge in [0, 0.05) is 10.7 Å². The molecule has 0 saturated heterocycles. The molecule has 4 aromatic rings. The molecule has 0 unspecified atom stereocenters. The Bertz CT molecular complexity index is 1400. The summed E-state index contributed by atoms with van der Waals surface area (Å²) in [6, 6.07) is 19.0. The van der Waals surface area contributed by atoms with Gasteiger partial charge < -0.3 is 5.32 Å². The summed E-state index contributed by atoms with van der Waals surface area (Å²) in [6.07, 6.45) is 0. The second-order valence-electron chi connectivity index (χ2n) is 7.43. The number of nitrogens with zero attached hydrogens (tertiary/aromatic N) is 2. The molecule has 0 aliphatic heterocycles. The largest absolute Gasteiger partial charge is 0.336 e. The molecule has 1 aromatic heterocycles. The van der Waals surface area contributed by atoms with E-state index in [9.17, 15) is 14.4 Å². The number of anilines is 1. The van der Waals surface area contributed by atoms with Crippen molar-refractivity contribution >= 4 is 34.1 Å². The molecule has 7 heteroatoms. The lowest BCUT2D eigenvalue weighted by Gasteiger charge is -2.15. The monoisotopic (exact) mass is 433 g/mol. The Morgan fingerprint density at radius 3 is 2.26 bits per heavy atom. The van der Waals surface area contributed by atoms with E-state index in [0.717, 1.165) is 15.7 Å². The zero-order valence-corrected chi connectivity index (χ0v) is 17.8. The van der Waals surface area contributed by atoms with E-state index in [0.29, 0.717) is 27.3 Å². The molecule has 0 spiro atoms. The number of para-hydroxylation sites is 1. The molecule has 0 radical (unpaired) electrons. The number of aromatic nitrogens is 2. The molecule has 6 nitrogen and oxygen atoms in total. The van der Waals surface area contributed by atoms with Crippen molar-refractivity contribution in [3.05, 3.63) is 104 Å². The Labute approximate surface area is 183 Å². The Morgan fingerprint density at radius 1 is 0.935 bits per heavy atom. The predicted octanol–water partition coefficient (Wildman–Crippen LogP) is 4.06. The first kappa shape index (κ1) is 20.6. The van der Waals surface area contributed by atoms with Gasteiger partial charge in [-0.3, -0.25) is 14.2 Å². The number of rotatable bonds is 4. The average Bonchev–Trinajstić information content (AvgIpc) is 2.72. The minimum Gasteiger partial charge on any atom is -0.325 e. The van der Waals surface area contributed by atoms with Crippen molar-refractivity contribution in [2.24, 2.45) is 0 Å². The SMILES string of the molecule is Cc1cc(C)cc(-n2c(=O)c3ccccc3n(CC(=O)Nc3ccc(Cl)cc3)c2=O)c1. The van der Waals surface area contributed by atoms with Crippen molar-refractivity contribution in [3.63, 3.8) is 0 Å². The molecular weight excluding hydrogens is 414 g/mol. The van der Waals surface area contributed by atoms with E-state index in [2.05, 4.69) is 5.32 Å². The van der Waals surface area contributed by atoms with Crippen molar-refractivity contribution in [1.29, 1.82) is 0 Å². The second kappa shape index (κ2) is 8.24. The molecular formula is C24H20ClN3O3. The molecule has 1 amide bonds. The van der Waals surface area contributed by atoms with Crippen LogP contribution < -0.4 is 16.6 Å². The minimum atomic E-state index is -0.569. The molecule has 4 rings (SSSR count). The van der Waals surface area contributed by atoms with Gasteiger partial charge in [-0.05, 0) is 73.5 Å². The quantitative estimate of drug-likeness (QED) is 0.527. The Morgan fingerprint density at radius 2 is 1.58 bits per heavy atom. The number of carbonyl (C=O) groups is 1. The minimum absolute atomic E-state index is 0.243. The smallest absolute Gasteiger partial charge is 0.325 e. The molecule has 1 N–H and O–H groups in total. The maximum Gasteiger partial charge on any atom is 0.336 e. The summed E-state index contributed by atoms with van der Waals surface area (Å²) < 4.78 is 2.44. The standard InChI is InChI=1S/C24H20ClN3O3/c1-15-11-16(2)13-19(12-15)28-23(30)20-5-3-4-6-21(20)27(24(28)31)14-22(29)26-18-9-7-17(25)8-10-18/h3-13H,14H2,1-2H3,(H,26,29). The highest BCUT2D eigenvalue weighted by atomic mass is 35.5. The van der Waals surface area contributed by atoms with Crippen LogP contribution >= 0.6 is 11.6 Å². The van der Waals surface area contributed by atoms with Crippen LogP contribution in [0.1, 0.15) is 11.1 Å². The van der Waals surface area contributed by atoms with Gasteiger partial charge in [-0.15, -0.1) is 0 Å². The first-order chi connectivity index (χ1) is 14.8. The third-order valence-electron chi connectivity index (χ3n) is 4.94. The van der Waals surface area contributed by atoms with E-state index >= 15 is 0 Å². The fourth-order valence-corrected chi connectivity index (χ4v) is 3.78. The third-order valence-corrected chi connectivity index (χ3v) is 5.20. The van der Waals surface area contributed by atoms with Crippen LogP contribution in [0.4, 0.5) is 5.69 Å². The van der Waals surface area contributed by atoms with Crippen LogP contribution in [0.2, 0.25) is 5.02 Å².